The highest BCUT2D eigenvalue weighted by atomic mass is 32.2. The van der Waals surface area contributed by atoms with Crippen molar-refractivity contribution in [1.29, 1.82) is 5.26 Å². The molecular formula is C36H38F2N6O8S. The van der Waals surface area contributed by atoms with Crippen LogP contribution in [0.1, 0.15) is 71.6 Å². The van der Waals surface area contributed by atoms with Crippen molar-refractivity contribution in [2.24, 2.45) is 0 Å². The van der Waals surface area contributed by atoms with Gasteiger partial charge in [0.05, 0.1) is 41.8 Å². The first-order valence-corrected chi connectivity index (χ1v) is 18.7. The summed E-state index contributed by atoms with van der Waals surface area (Å²) in [5.41, 5.74) is -2.25. The summed E-state index contributed by atoms with van der Waals surface area (Å²) in [6.45, 7) is 12.0. The Balaban J connectivity index is 1.43. The summed E-state index contributed by atoms with van der Waals surface area (Å²) < 4.78 is 82.7. The fraction of sp³-hybridized carbons (Fsp3) is 0.472. The van der Waals surface area contributed by atoms with Crippen molar-refractivity contribution in [3.63, 3.8) is 0 Å². The maximum atomic E-state index is 17.4. The summed E-state index contributed by atoms with van der Waals surface area (Å²) in [4.78, 5) is 37.9. The zero-order valence-electron chi connectivity index (χ0n) is 30.2. The molecule has 3 aliphatic heterocycles. The van der Waals surface area contributed by atoms with E-state index in [1.165, 1.54) is 13.0 Å². The van der Waals surface area contributed by atoms with Crippen LogP contribution in [0, 0.1) is 23.0 Å². The minimum atomic E-state index is -4.10. The third-order valence-corrected chi connectivity index (χ3v) is 10.8. The number of sulfone groups is 1. The number of carbonyl (C=O) groups is 2. The molecule has 14 nitrogen and oxygen atoms in total. The Hall–Kier alpha value is -5.08. The number of hydrogen-bond donors (Lipinski definition) is 1. The van der Waals surface area contributed by atoms with E-state index in [0.29, 0.717) is 12.0 Å². The van der Waals surface area contributed by atoms with Crippen molar-refractivity contribution in [1.82, 2.24) is 14.9 Å². The van der Waals surface area contributed by atoms with Gasteiger partial charge in [0.25, 0.3) is 0 Å². The number of nitriles is 1. The molecule has 2 fully saturated rings. The molecule has 1 N–H and O–H groups in total. The number of nitrogens with one attached hydrogen (secondary N) is 1. The van der Waals surface area contributed by atoms with Gasteiger partial charge in [0, 0.05) is 24.2 Å². The van der Waals surface area contributed by atoms with Crippen LogP contribution in [0.15, 0.2) is 21.7 Å². The lowest BCUT2D eigenvalue weighted by molar-refractivity contribution is 0.0214. The number of rotatable bonds is 5. The number of benzene rings is 2. The van der Waals surface area contributed by atoms with Gasteiger partial charge in [-0.15, -0.1) is 0 Å². The number of hydrogen-bond acceptors (Lipinski definition) is 12. The molecule has 2 bridgehead atoms. The van der Waals surface area contributed by atoms with Gasteiger partial charge in [-0.2, -0.15) is 5.26 Å². The molecule has 0 saturated carbocycles. The first kappa shape index (κ1) is 36.3. The Morgan fingerprint density at radius 2 is 1.70 bits per heavy atom. The summed E-state index contributed by atoms with van der Waals surface area (Å²) in [5, 5.41) is 12.1. The Morgan fingerprint density at radius 1 is 1.00 bits per heavy atom. The molecule has 7 rings (SSSR count). The molecule has 3 aliphatic rings. The van der Waals surface area contributed by atoms with Crippen LogP contribution in [0.5, 0.6) is 0 Å². The molecule has 280 valence electrons. The van der Waals surface area contributed by atoms with E-state index in [9.17, 15) is 23.3 Å². The van der Waals surface area contributed by atoms with Gasteiger partial charge in [-0.1, -0.05) is 6.92 Å². The van der Waals surface area contributed by atoms with Crippen molar-refractivity contribution in [3.8, 4) is 17.2 Å². The molecule has 0 radical (unpaired) electrons. The van der Waals surface area contributed by atoms with Crippen LogP contribution in [0.25, 0.3) is 33.0 Å². The normalized spacial score (nSPS) is 18.5. The van der Waals surface area contributed by atoms with Crippen molar-refractivity contribution in [3.05, 3.63) is 40.5 Å². The molecule has 0 aliphatic carbocycles. The van der Waals surface area contributed by atoms with Crippen LogP contribution >= 0.6 is 0 Å². The van der Waals surface area contributed by atoms with Gasteiger partial charge < -0.3 is 28.4 Å². The van der Waals surface area contributed by atoms with Crippen molar-refractivity contribution in [2.75, 3.05) is 29.1 Å². The van der Waals surface area contributed by atoms with Gasteiger partial charge in [-0.3, -0.25) is 5.32 Å². The van der Waals surface area contributed by atoms with E-state index in [0.717, 1.165) is 6.07 Å². The highest BCUT2D eigenvalue weighted by Gasteiger charge is 2.48. The lowest BCUT2D eigenvalue weighted by Gasteiger charge is -2.36. The number of piperazine rings is 1. The maximum Gasteiger partial charge on any atom is 0.414 e. The number of fused-ring (bicyclic) bond motifs is 6. The summed E-state index contributed by atoms with van der Waals surface area (Å²) in [7, 11) is -4.10. The lowest BCUT2D eigenvalue weighted by Crippen LogP contribution is -2.50. The highest BCUT2D eigenvalue weighted by Crippen LogP contribution is 2.48. The van der Waals surface area contributed by atoms with Gasteiger partial charge >= 0.3 is 12.2 Å². The topological polar surface area (TPSA) is 177 Å². The van der Waals surface area contributed by atoms with Crippen LogP contribution in [0.4, 0.5) is 30.1 Å². The van der Waals surface area contributed by atoms with E-state index in [4.69, 9.17) is 18.6 Å². The number of furan rings is 1. The van der Waals surface area contributed by atoms with Crippen molar-refractivity contribution < 1.29 is 45.4 Å². The largest absolute Gasteiger partial charge is 0.444 e. The second-order valence-corrected chi connectivity index (χ2v) is 17.4. The molecule has 53 heavy (non-hydrogen) atoms. The number of anilines is 2. The van der Waals surface area contributed by atoms with Gasteiger partial charge in [0.1, 0.15) is 45.6 Å². The number of amides is 2. The Labute approximate surface area is 303 Å². The number of halogens is 2. The molecule has 2 aromatic carbocycles. The molecule has 0 spiro atoms. The Morgan fingerprint density at radius 3 is 2.32 bits per heavy atom. The Bertz CT molecular complexity index is 2380. The molecule has 2 amide bonds. The van der Waals surface area contributed by atoms with E-state index >= 15 is 8.78 Å². The standard InChI is InChI=1S/C36H38F2N6O8S/c1-8-53(47,48)32-40-29-26(30(41-32)43-13-18-11-17(43)14-44(18)34(46)52-36(5,6)7)21-16-49-15-20(21)25(28(29)38)27-22(37)9-10-23-24(27)19(12-39)31(50-23)42-33(45)51-35(2,3)4/h9-10,17-18H,8,11,13-16H2,1-7H3,(H,42,45)/t17-,18-/m1/s1. The van der Waals surface area contributed by atoms with Gasteiger partial charge in [-0.25, -0.2) is 36.8 Å². The third kappa shape index (κ3) is 6.27. The number of carbonyl (C=O) groups excluding carboxylic acids is 2. The van der Waals surface area contributed by atoms with E-state index in [1.807, 2.05) is 11.0 Å². The molecular weight excluding hydrogens is 714 g/mol. The van der Waals surface area contributed by atoms with Crippen molar-refractivity contribution in [2.45, 2.75) is 96.5 Å². The number of likely N-dealkylation sites (tertiary alicyclic amines) is 1. The van der Waals surface area contributed by atoms with Crippen LogP contribution in [-0.2, 0) is 37.3 Å². The molecule has 2 aromatic heterocycles. The molecule has 17 heteroatoms. The minimum absolute atomic E-state index is 0.0311. The van der Waals surface area contributed by atoms with Crippen LogP contribution < -0.4 is 10.2 Å². The van der Waals surface area contributed by atoms with E-state index in [2.05, 4.69) is 15.3 Å². The molecule has 4 aromatic rings. The molecule has 5 heterocycles. The third-order valence-electron chi connectivity index (χ3n) is 9.34. The predicted octanol–water partition coefficient (Wildman–Crippen LogP) is 6.56. The summed E-state index contributed by atoms with van der Waals surface area (Å²) in [5.74, 6) is -2.52. The summed E-state index contributed by atoms with van der Waals surface area (Å²) in [6, 6.07) is 3.66. The highest BCUT2D eigenvalue weighted by molar-refractivity contribution is 7.91. The van der Waals surface area contributed by atoms with E-state index in [1.54, 1.807) is 46.4 Å². The zero-order chi connectivity index (χ0) is 38.4. The summed E-state index contributed by atoms with van der Waals surface area (Å²) in [6.07, 6.45) is -0.850. The first-order valence-electron chi connectivity index (χ1n) is 17.1. The van der Waals surface area contributed by atoms with Crippen LogP contribution in [-0.4, -0.2) is 77.6 Å². The quantitative estimate of drug-likeness (QED) is 0.218. The van der Waals surface area contributed by atoms with Gasteiger partial charge in [0.2, 0.25) is 20.9 Å². The average Bonchev–Trinajstić information content (AvgIpc) is 3.86. The second-order valence-electron chi connectivity index (χ2n) is 15.3. The fourth-order valence-corrected chi connectivity index (χ4v) is 7.91. The van der Waals surface area contributed by atoms with Crippen molar-refractivity contribution >= 4 is 55.6 Å². The number of ether oxygens (including phenoxy) is 3. The molecule has 0 unspecified atom stereocenters. The van der Waals surface area contributed by atoms with Gasteiger partial charge in [-0.05, 0) is 71.2 Å². The first-order chi connectivity index (χ1) is 24.8. The summed E-state index contributed by atoms with van der Waals surface area (Å²) >= 11 is 0. The van der Waals surface area contributed by atoms with E-state index in [-0.39, 0.29) is 100.0 Å². The van der Waals surface area contributed by atoms with Gasteiger partial charge in [0.15, 0.2) is 5.82 Å². The van der Waals surface area contributed by atoms with E-state index < -0.39 is 50.0 Å². The molecule has 2 saturated heterocycles. The van der Waals surface area contributed by atoms with Crippen LogP contribution in [0.3, 0.4) is 0 Å². The molecule has 2 atom stereocenters. The minimum Gasteiger partial charge on any atom is -0.444 e. The average molecular weight is 753 g/mol. The maximum absolute atomic E-state index is 17.4. The predicted molar refractivity (Wildman–Crippen MR) is 188 cm³/mol. The monoisotopic (exact) mass is 752 g/mol. The zero-order valence-corrected chi connectivity index (χ0v) is 31.0. The smallest absolute Gasteiger partial charge is 0.414 e. The Kier molecular flexibility index (Phi) is 8.57. The SMILES string of the molecule is CCS(=O)(=O)c1nc(N2C[C@H]3C[C@@H]2CN3C(=O)OC(C)(C)C)c2c3c(c(-c4c(F)ccc5oc(NC(=O)OC(C)(C)C)c(C#N)c45)c(F)c2n1)COC3. The fourth-order valence-electron chi connectivity index (χ4n) is 7.20. The number of aromatic nitrogens is 2. The lowest BCUT2D eigenvalue weighted by atomic mass is 9.90. The number of nitrogens with zero attached hydrogens (tertiary/aromatic N) is 5. The second kappa shape index (κ2) is 12.5. The van der Waals surface area contributed by atoms with Crippen LogP contribution in [0.2, 0.25) is 0 Å².